The Bertz CT molecular complexity index is 1370. The molecule has 1 aromatic carbocycles. The van der Waals surface area contributed by atoms with E-state index in [2.05, 4.69) is 27.6 Å². The third-order valence-corrected chi connectivity index (χ3v) is 12.0. The molecular formula is C38H63N5O7S. The zero-order valence-corrected chi connectivity index (χ0v) is 31.8. The van der Waals surface area contributed by atoms with Crippen molar-refractivity contribution in [3.8, 4) is 0 Å². The molecule has 0 radical (unpaired) electrons. The molecule has 3 aliphatic rings. The first-order chi connectivity index (χ1) is 24.3. The first kappa shape index (κ1) is 42.5. The van der Waals surface area contributed by atoms with Crippen LogP contribution < -0.4 is 26.4 Å². The molecule has 3 aliphatic carbocycles. The van der Waals surface area contributed by atoms with Crippen LogP contribution in [0.25, 0.3) is 0 Å². The molecule has 0 bridgehead atoms. The first-order valence-electron chi connectivity index (χ1n) is 19.3. The molecule has 4 rings (SSSR count). The molecule has 3 atom stereocenters. The lowest BCUT2D eigenvalue weighted by Gasteiger charge is -2.37. The second-order valence-corrected chi connectivity index (χ2v) is 16.5. The quantitative estimate of drug-likeness (QED) is 0.128. The Hall–Kier alpha value is -2.87. The number of nitrogens with one attached hydrogen (secondary N) is 4. The molecule has 1 unspecified atom stereocenters. The minimum atomic E-state index is -3.96. The summed E-state index contributed by atoms with van der Waals surface area (Å²) in [5.74, 6) is -2.16. The fourth-order valence-electron chi connectivity index (χ4n) is 7.17. The number of unbranched alkanes of at least 4 members (excludes halogenated alkanes) is 2. The summed E-state index contributed by atoms with van der Waals surface area (Å²) in [5, 5.41) is 18.2. The predicted octanol–water partition coefficient (Wildman–Crippen LogP) is 4.20. The zero-order chi connectivity index (χ0) is 37.4. The smallest absolute Gasteiger partial charge is 0.289 e. The van der Waals surface area contributed by atoms with Gasteiger partial charge in [-0.1, -0.05) is 102 Å². The molecule has 288 valence electrons. The van der Waals surface area contributed by atoms with Crippen LogP contribution in [0.3, 0.4) is 0 Å². The summed E-state index contributed by atoms with van der Waals surface area (Å²) in [4.78, 5) is 51.1. The minimum absolute atomic E-state index is 0.0000165. The van der Waals surface area contributed by atoms with Crippen molar-refractivity contribution in [3.63, 3.8) is 0 Å². The molecule has 51 heavy (non-hydrogen) atoms. The van der Waals surface area contributed by atoms with E-state index in [1.54, 1.807) is 12.1 Å². The Labute approximate surface area is 305 Å². The van der Waals surface area contributed by atoms with Crippen molar-refractivity contribution < 1.29 is 32.7 Å². The zero-order valence-electron chi connectivity index (χ0n) is 31.0. The number of ketones is 1. The van der Waals surface area contributed by atoms with Crippen molar-refractivity contribution in [2.45, 2.75) is 183 Å². The molecule has 3 fully saturated rings. The Morgan fingerprint density at radius 1 is 0.824 bits per heavy atom. The lowest BCUT2D eigenvalue weighted by Crippen LogP contribution is -2.62. The number of aliphatic hydroxyl groups is 1. The van der Waals surface area contributed by atoms with Crippen LogP contribution in [0.2, 0.25) is 0 Å². The maximum Gasteiger partial charge on any atom is 0.289 e. The monoisotopic (exact) mass is 733 g/mol. The largest absolute Gasteiger partial charge is 0.382 e. The van der Waals surface area contributed by atoms with Crippen molar-refractivity contribution in [1.29, 1.82) is 0 Å². The lowest BCUT2D eigenvalue weighted by atomic mass is 9.81. The van der Waals surface area contributed by atoms with E-state index in [-0.39, 0.29) is 22.9 Å². The van der Waals surface area contributed by atoms with Gasteiger partial charge < -0.3 is 26.8 Å². The maximum absolute atomic E-state index is 13.6. The summed E-state index contributed by atoms with van der Waals surface area (Å²) >= 11 is 0. The van der Waals surface area contributed by atoms with Crippen LogP contribution in [0.1, 0.15) is 141 Å². The number of aliphatic hydroxyl groups excluding tert-OH is 1. The highest BCUT2D eigenvalue weighted by Gasteiger charge is 2.44. The number of nitrogens with two attached hydrogens (primary N) is 1. The Morgan fingerprint density at radius 2 is 1.35 bits per heavy atom. The number of amides is 3. The average Bonchev–Trinajstić information content (AvgIpc) is 3.83. The summed E-state index contributed by atoms with van der Waals surface area (Å²) in [6.07, 6.45) is 14.6. The summed E-state index contributed by atoms with van der Waals surface area (Å²) in [7, 11) is -3.96. The summed E-state index contributed by atoms with van der Waals surface area (Å²) in [6.45, 7) is 5.91. The highest BCUT2D eigenvalue weighted by atomic mass is 32.2. The van der Waals surface area contributed by atoms with Crippen LogP contribution in [-0.4, -0.2) is 72.8 Å². The van der Waals surface area contributed by atoms with Gasteiger partial charge in [0, 0.05) is 18.1 Å². The van der Waals surface area contributed by atoms with Gasteiger partial charge in [0.25, 0.3) is 11.8 Å². The molecule has 0 aliphatic heterocycles. The number of aryl methyl sites for hydroxylation is 1. The Morgan fingerprint density at radius 3 is 1.90 bits per heavy atom. The molecular weight excluding hydrogens is 671 g/mol. The molecule has 7 N–H and O–H groups in total. The summed E-state index contributed by atoms with van der Waals surface area (Å²) in [5.41, 5.74) is 5.35. The van der Waals surface area contributed by atoms with Crippen LogP contribution >= 0.6 is 0 Å². The number of rotatable bonds is 17. The lowest BCUT2D eigenvalue weighted by molar-refractivity contribution is -0.141. The van der Waals surface area contributed by atoms with E-state index in [0.29, 0.717) is 44.9 Å². The van der Waals surface area contributed by atoms with Gasteiger partial charge >= 0.3 is 0 Å². The SMILES string of the molecule is CCCC[C@H](N)C(O)C(=O)NC1CCCC1.CCCC[C@H](NC(=O)C1(NS(=O)(=O)c2ccc(C)cc2)CCCCC1)C(=O)C(=O)NC1CCCC1. The van der Waals surface area contributed by atoms with E-state index >= 15 is 0 Å². The van der Waals surface area contributed by atoms with Crippen LogP contribution in [0.15, 0.2) is 29.2 Å². The van der Waals surface area contributed by atoms with Gasteiger partial charge in [-0.15, -0.1) is 0 Å². The van der Waals surface area contributed by atoms with Gasteiger partial charge in [-0.05, 0) is 70.4 Å². The highest BCUT2D eigenvalue weighted by Crippen LogP contribution is 2.31. The number of carbonyl (C=O) groups excluding carboxylic acids is 4. The Balaban J connectivity index is 0.000000367. The van der Waals surface area contributed by atoms with E-state index in [1.807, 2.05) is 13.8 Å². The number of sulfonamides is 1. The van der Waals surface area contributed by atoms with E-state index in [9.17, 15) is 32.7 Å². The van der Waals surface area contributed by atoms with Crippen molar-refractivity contribution in [2.24, 2.45) is 5.73 Å². The topological polar surface area (TPSA) is 197 Å². The van der Waals surface area contributed by atoms with Gasteiger partial charge in [-0.25, -0.2) is 8.42 Å². The minimum Gasteiger partial charge on any atom is -0.382 e. The first-order valence-corrected chi connectivity index (χ1v) is 20.8. The van der Waals surface area contributed by atoms with Crippen molar-refractivity contribution >= 4 is 33.5 Å². The highest BCUT2D eigenvalue weighted by molar-refractivity contribution is 7.89. The second kappa shape index (κ2) is 21.0. The van der Waals surface area contributed by atoms with Crippen molar-refractivity contribution in [1.82, 2.24) is 20.7 Å². The van der Waals surface area contributed by atoms with Crippen molar-refractivity contribution in [2.75, 3.05) is 0 Å². The molecule has 3 amide bonds. The molecule has 0 saturated heterocycles. The van der Waals surface area contributed by atoms with E-state index in [4.69, 9.17) is 5.73 Å². The number of carbonyl (C=O) groups is 4. The summed E-state index contributed by atoms with van der Waals surface area (Å²) < 4.78 is 29.1. The van der Waals surface area contributed by atoms with E-state index in [0.717, 1.165) is 69.8 Å². The third-order valence-electron chi connectivity index (χ3n) is 10.5. The van der Waals surface area contributed by atoms with Gasteiger partial charge in [0.15, 0.2) is 0 Å². The predicted molar refractivity (Wildman–Crippen MR) is 198 cm³/mol. The fraction of sp³-hybridized carbons (Fsp3) is 0.737. The maximum atomic E-state index is 13.6. The van der Waals surface area contributed by atoms with Crippen LogP contribution in [-0.2, 0) is 29.2 Å². The van der Waals surface area contributed by atoms with Gasteiger partial charge in [0.2, 0.25) is 21.7 Å². The number of hydrogen-bond donors (Lipinski definition) is 6. The molecule has 0 aromatic heterocycles. The molecule has 0 heterocycles. The molecule has 12 nitrogen and oxygen atoms in total. The standard InChI is InChI=1S/C26H39N3O5S.C12H24N2O2/c1-3-4-12-22(23(30)24(31)27-20-10-6-7-11-20)28-25(32)26(17-8-5-9-18-26)29-35(33,34)21-15-13-19(2)14-16-21;1-2-3-8-10(13)11(15)12(16)14-9-6-4-5-7-9/h13-16,20,22,29H,3-12,17-18H2,1-2H3,(H,27,31)(H,28,32);9-11,15H,2-8,13H2,1H3,(H,14,16)/t22-;10-,11?/m00/s1. The molecule has 0 spiro atoms. The van der Waals surface area contributed by atoms with Gasteiger partial charge in [-0.3, -0.25) is 19.2 Å². The van der Waals surface area contributed by atoms with Gasteiger partial charge in [-0.2, -0.15) is 4.72 Å². The molecule has 3 saturated carbocycles. The molecule has 13 heteroatoms. The van der Waals surface area contributed by atoms with E-state index in [1.165, 1.54) is 25.0 Å². The van der Waals surface area contributed by atoms with Crippen LogP contribution in [0, 0.1) is 6.92 Å². The number of Topliss-reactive ketones (excluding diaryl/α,β-unsaturated/α-hetero) is 1. The van der Waals surface area contributed by atoms with Gasteiger partial charge in [0.1, 0.15) is 11.6 Å². The average molecular weight is 734 g/mol. The Kier molecular flexibility index (Phi) is 17.5. The molecule has 1 aromatic rings. The normalized spacial score (nSPS) is 19.6. The fourth-order valence-corrected chi connectivity index (χ4v) is 8.60. The van der Waals surface area contributed by atoms with Crippen LogP contribution in [0.4, 0.5) is 0 Å². The number of benzene rings is 1. The number of hydrogen-bond acceptors (Lipinski definition) is 8. The second-order valence-electron chi connectivity index (χ2n) is 14.8. The van der Waals surface area contributed by atoms with E-state index < -0.39 is 51.3 Å². The third kappa shape index (κ3) is 13.2. The summed E-state index contributed by atoms with van der Waals surface area (Å²) in [6, 6.07) is 5.31. The van der Waals surface area contributed by atoms with Crippen molar-refractivity contribution in [3.05, 3.63) is 29.8 Å². The van der Waals surface area contributed by atoms with Gasteiger partial charge in [0.05, 0.1) is 10.9 Å². The van der Waals surface area contributed by atoms with Crippen LogP contribution in [0.5, 0.6) is 0 Å².